The Hall–Kier alpha value is -2.90. The number of likely N-dealkylation sites (tertiary alicyclic amines) is 1. The van der Waals surface area contributed by atoms with Crippen LogP contribution >= 0.6 is 0 Å². The van der Waals surface area contributed by atoms with Crippen molar-refractivity contribution < 1.29 is 23.9 Å². The lowest BCUT2D eigenvalue weighted by atomic mass is 10.1. The molecule has 3 rings (SSSR count). The fraction of sp³-hybridized carbons (Fsp3) is 0.545. The number of carbonyl (C=O) groups is 4. The molecule has 1 aromatic carbocycles. The summed E-state index contributed by atoms with van der Waals surface area (Å²) in [6, 6.07) is 7.57. The van der Waals surface area contributed by atoms with Gasteiger partial charge in [0.25, 0.3) is 5.91 Å². The smallest absolute Gasteiger partial charge is 0.311 e. The standard InChI is InChI=1S/C22H29N3O5/c1-15-7-9-17(10-8-15)23-19(26)13-24(2)21(28)14-30-22(29)16-11-20(27)25(12-16)18-5-3-4-6-18/h7-10,16,18H,3-6,11-14H2,1-2H3,(H,23,26)/t16-/m1/s1. The molecule has 1 saturated heterocycles. The normalized spacial score (nSPS) is 19.1. The first kappa shape index (κ1) is 21.8. The molecule has 1 aromatic rings. The van der Waals surface area contributed by atoms with Crippen LogP contribution in [0.4, 0.5) is 5.69 Å². The van der Waals surface area contributed by atoms with Gasteiger partial charge in [-0.05, 0) is 31.9 Å². The summed E-state index contributed by atoms with van der Waals surface area (Å²) < 4.78 is 5.14. The predicted octanol–water partition coefficient (Wildman–Crippen LogP) is 1.73. The summed E-state index contributed by atoms with van der Waals surface area (Å²) in [6.45, 7) is 1.72. The van der Waals surface area contributed by atoms with Gasteiger partial charge in [-0.25, -0.2) is 0 Å². The van der Waals surface area contributed by atoms with E-state index in [-0.39, 0.29) is 30.8 Å². The number of likely N-dealkylation sites (N-methyl/N-ethyl adjacent to an activating group) is 1. The molecule has 0 unspecified atom stereocenters. The highest BCUT2D eigenvalue weighted by Gasteiger charge is 2.39. The minimum Gasteiger partial charge on any atom is -0.455 e. The summed E-state index contributed by atoms with van der Waals surface area (Å²) in [6.07, 6.45) is 4.34. The van der Waals surface area contributed by atoms with Crippen molar-refractivity contribution in [2.75, 3.05) is 32.1 Å². The molecule has 1 atom stereocenters. The Morgan fingerprint density at radius 2 is 1.83 bits per heavy atom. The van der Waals surface area contributed by atoms with Gasteiger partial charge in [-0.3, -0.25) is 19.2 Å². The summed E-state index contributed by atoms with van der Waals surface area (Å²) in [5.74, 6) is -1.88. The molecule has 1 saturated carbocycles. The maximum absolute atomic E-state index is 12.3. The molecule has 1 N–H and O–H groups in total. The molecule has 1 aliphatic heterocycles. The van der Waals surface area contributed by atoms with Crippen LogP contribution in [-0.4, -0.2) is 66.3 Å². The third kappa shape index (κ3) is 5.58. The van der Waals surface area contributed by atoms with Crippen molar-refractivity contribution in [1.82, 2.24) is 9.80 Å². The van der Waals surface area contributed by atoms with Crippen LogP contribution in [-0.2, 0) is 23.9 Å². The molecule has 8 nitrogen and oxygen atoms in total. The van der Waals surface area contributed by atoms with Crippen LogP contribution in [0.15, 0.2) is 24.3 Å². The van der Waals surface area contributed by atoms with E-state index >= 15 is 0 Å². The van der Waals surface area contributed by atoms with Crippen LogP contribution < -0.4 is 5.32 Å². The van der Waals surface area contributed by atoms with Gasteiger partial charge in [0.1, 0.15) is 0 Å². The number of benzene rings is 1. The Bertz CT molecular complexity index is 801. The number of nitrogens with one attached hydrogen (secondary N) is 1. The van der Waals surface area contributed by atoms with Gasteiger partial charge >= 0.3 is 5.97 Å². The maximum atomic E-state index is 12.3. The molecule has 0 bridgehead atoms. The predicted molar refractivity (Wildman–Crippen MR) is 110 cm³/mol. The van der Waals surface area contributed by atoms with Gasteiger partial charge in [-0.15, -0.1) is 0 Å². The number of amides is 3. The van der Waals surface area contributed by atoms with E-state index in [9.17, 15) is 19.2 Å². The van der Waals surface area contributed by atoms with Gasteiger partial charge in [-0.1, -0.05) is 30.5 Å². The topological polar surface area (TPSA) is 96.0 Å². The van der Waals surface area contributed by atoms with E-state index in [2.05, 4.69) is 5.32 Å². The molecule has 1 aliphatic carbocycles. The first-order valence-electron chi connectivity index (χ1n) is 10.4. The van der Waals surface area contributed by atoms with Crippen LogP contribution in [0.5, 0.6) is 0 Å². The lowest BCUT2D eigenvalue weighted by molar-refractivity contribution is -0.155. The molecule has 1 heterocycles. The number of carbonyl (C=O) groups excluding carboxylic acids is 4. The van der Waals surface area contributed by atoms with E-state index in [4.69, 9.17) is 4.74 Å². The van der Waals surface area contributed by atoms with Crippen LogP contribution in [0, 0.1) is 12.8 Å². The van der Waals surface area contributed by atoms with Gasteiger partial charge < -0.3 is 19.9 Å². The van der Waals surface area contributed by atoms with Crippen LogP contribution in [0.2, 0.25) is 0 Å². The van der Waals surface area contributed by atoms with Crippen molar-refractivity contribution in [2.45, 2.75) is 45.1 Å². The van der Waals surface area contributed by atoms with E-state index in [0.29, 0.717) is 12.2 Å². The van der Waals surface area contributed by atoms with Crippen molar-refractivity contribution in [3.63, 3.8) is 0 Å². The molecule has 0 spiro atoms. The maximum Gasteiger partial charge on any atom is 0.311 e. The fourth-order valence-corrected chi connectivity index (χ4v) is 3.96. The number of nitrogens with zero attached hydrogens (tertiary/aromatic N) is 2. The average molecular weight is 415 g/mol. The number of ether oxygens (including phenoxy) is 1. The number of hydrogen-bond donors (Lipinski definition) is 1. The minimum absolute atomic E-state index is 0.0138. The number of aryl methyl sites for hydroxylation is 1. The second-order valence-corrected chi connectivity index (χ2v) is 8.16. The molecule has 3 amide bonds. The van der Waals surface area contributed by atoms with E-state index in [0.717, 1.165) is 31.2 Å². The summed E-state index contributed by atoms with van der Waals surface area (Å²) in [5.41, 5.74) is 1.73. The van der Waals surface area contributed by atoms with E-state index < -0.39 is 24.4 Å². The summed E-state index contributed by atoms with van der Waals surface area (Å²) in [7, 11) is 1.48. The lowest BCUT2D eigenvalue weighted by Gasteiger charge is -2.23. The molecule has 2 aliphatic rings. The molecule has 162 valence electrons. The van der Waals surface area contributed by atoms with Gasteiger partial charge in [-0.2, -0.15) is 0 Å². The third-order valence-corrected chi connectivity index (χ3v) is 5.74. The molecule has 8 heteroatoms. The average Bonchev–Trinajstić information content (AvgIpc) is 3.37. The molecular formula is C22H29N3O5. The molecular weight excluding hydrogens is 386 g/mol. The van der Waals surface area contributed by atoms with E-state index in [1.54, 1.807) is 17.0 Å². The number of esters is 1. The van der Waals surface area contributed by atoms with Crippen molar-refractivity contribution in [2.24, 2.45) is 5.92 Å². The van der Waals surface area contributed by atoms with Crippen LogP contribution in [0.1, 0.15) is 37.7 Å². The first-order valence-corrected chi connectivity index (χ1v) is 10.4. The Morgan fingerprint density at radius 3 is 2.50 bits per heavy atom. The van der Waals surface area contributed by atoms with Crippen molar-refractivity contribution in [3.05, 3.63) is 29.8 Å². The second-order valence-electron chi connectivity index (χ2n) is 8.16. The number of rotatable bonds is 7. The van der Waals surface area contributed by atoms with Gasteiger partial charge in [0.2, 0.25) is 11.8 Å². The van der Waals surface area contributed by atoms with Gasteiger partial charge in [0.15, 0.2) is 6.61 Å². The summed E-state index contributed by atoms with van der Waals surface area (Å²) in [4.78, 5) is 51.9. The van der Waals surface area contributed by atoms with Gasteiger partial charge in [0.05, 0.1) is 12.5 Å². The Balaban J connectivity index is 1.40. The van der Waals surface area contributed by atoms with Gasteiger partial charge in [0, 0.05) is 31.7 Å². The van der Waals surface area contributed by atoms with Crippen LogP contribution in [0.25, 0.3) is 0 Å². The second kappa shape index (κ2) is 9.73. The number of hydrogen-bond acceptors (Lipinski definition) is 5. The zero-order valence-electron chi connectivity index (χ0n) is 17.6. The molecule has 2 fully saturated rings. The highest BCUT2D eigenvalue weighted by Crippen LogP contribution is 2.29. The Labute approximate surface area is 176 Å². The van der Waals surface area contributed by atoms with E-state index in [1.165, 1.54) is 11.9 Å². The van der Waals surface area contributed by atoms with Crippen molar-refractivity contribution in [3.8, 4) is 0 Å². The lowest BCUT2D eigenvalue weighted by Crippen LogP contribution is -2.38. The SMILES string of the molecule is Cc1ccc(NC(=O)CN(C)C(=O)COC(=O)[C@@H]2CC(=O)N(C3CCCC3)C2)cc1. The monoisotopic (exact) mass is 415 g/mol. The van der Waals surface area contributed by atoms with Crippen molar-refractivity contribution in [1.29, 1.82) is 0 Å². The zero-order chi connectivity index (χ0) is 21.7. The molecule has 30 heavy (non-hydrogen) atoms. The number of anilines is 1. The Kier molecular flexibility index (Phi) is 7.07. The fourth-order valence-electron chi connectivity index (χ4n) is 3.96. The summed E-state index contributed by atoms with van der Waals surface area (Å²) in [5, 5.41) is 2.72. The minimum atomic E-state index is -0.533. The highest BCUT2D eigenvalue weighted by molar-refractivity contribution is 5.95. The quantitative estimate of drug-likeness (QED) is 0.684. The zero-order valence-corrected chi connectivity index (χ0v) is 17.6. The Morgan fingerprint density at radius 1 is 1.17 bits per heavy atom. The van der Waals surface area contributed by atoms with Crippen molar-refractivity contribution >= 4 is 29.4 Å². The molecule has 0 radical (unpaired) electrons. The largest absolute Gasteiger partial charge is 0.455 e. The van der Waals surface area contributed by atoms with E-state index in [1.807, 2.05) is 19.1 Å². The third-order valence-electron chi connectivity index (χ3n) is 5.74. The highest BCUT2D eigenvalue weighted by atomic mass is 16.5. The molecule has 0 aromatic heterocycles. The van der Waals surface area contributed by atoms with Crippen LogP contribution in [0.3, 0.4) is 0 Å². The first-order chi connectivity index (χ1) is 14.3. The summed E-state index contributed by atoms with van der Waals surface area (Å²) >= 11 is 0.